The summed E-state index contributed by atoms with van der Waals surface area (Å²) in [6.45, 7) is 0. The average Bonchev–Trinajstić information content (AvgIpc) is 2.64. The van der Waals surface area contributed by atoms with E-state index in [9.17, 15) is 4.79 Å². The third kappa shape index (κ3) is 3.73. The molecule has 0 aliphatic carbocycles. The summed E-state index contributed by atoms with van der Waals surface area (Å²) >= 11 is 0. The minimum absolute atomic E-state index is 0.211. The van der Waals surface area contributed by atoms with E-state index in [-0.39, 0.29) is 5.78 Å². The van der Waals surface area contributed by atoms with Crippen molar-refractivity contribution < 1.29 is 19.0 Å². The Hall–Kier alpha value is -3.26. The topological polar surface area (TPSA) is 68.6 Å². The van der Waals surface area contributed by atoms with Crippen molar-refractivity contribution in [1.82, 2.24) is 0 Å². The highest BCUT2D eigenvalue weighted by Crippen LogP contribution is 2.38. The molecule has 0 aliphatic rings. The molecular formula is C19H17NO4. The number of hydrogen-bond donors (Lipinski definition) is 0. The first-order valence-electron chi connectivity index (χ1n) is 7.15. The standard InChI is InChI=1S/C19H17NO4/c1-22-17-10-15(11-18(23-2)19(17)24-3)16(21)8-7-13-5-4-6-14(9-13)12-20/h4-11H,1-3H3. The molecule has 5 heteroatoms. The molecule has 0 amide bonds. The average molecular weight is 323 g/mol. The summed E-state index contributed by atoms with van der Waals surface area (Å²) < 4.78 is 15.7. The Morgan fingerprint density at radius 2 is 1.71 bits per heavy atom. The zero-order valence-corrected chi connectivity index (χ0v) is 13.7. The van der Waals surface area contributed by atoms with Crippen LogP contribution < -0.4 is 14.2 Å². The fourth-order valence-corrected chi connectivity index (χ4v) is 2.20. The minimum atomic E-state index is -0.211. The molecule has 0 N–H and O–H groups in total. The maximum Gasteiger partial charge on any atom is 0.203 e. The zero-order chi connectivity index (χ0) is 17.5. The molecule has 0 unspecified atom stereocenters. The molecule has 2 aromatic carbocycles. The predicted molar refractivity (Wildman–Crippen MR) is 90.6 cm³/mol. The van der Waals surface area contributed by atoms with Gasteiger partial charge in [-0.25, -0.2) is 0 Å². The minimum Gasteiger partial charge on any atom is -0.493 e. The van der Waals surface area contributed by atoms with Crippen molar-refractivity contribution in [3.05, 3.63) is 59.2 Å². The van der Waals surface area contributed by atoms with Gasteiger partial charge in [0.15, 0.2) is 17.3 Å². The van der Waals surface area contributed by atoms with Crippen LogP contribution in [0.15, 0.2) is 42.5 Å². The summed E-state index contributed by atoms with van der Waals surface area (Å²) in [5.74, 6) is 1.05. The molecular weight excluding hydrogens is 306 g/mol. The molecule has 122 valence electrons. The number of nitriles is 1. The van der Waals surface area contributed by atoms with Crippen LogP contribution in [0.1, 0.15) is 21.5 Å². The molecule has 2 rings (SSSR count). The second-order valence-electron chi connectivity index (χ2n) is 4.85. The van der Waals surface area contributed by atoms with Gasteiger partial charge in [0.25, 0.3) is 0 Å². The molecule has 24 heavy (non-hydrogen) atoms. The van der Waals surface area contributed by atoms with Gasteiger partial charge in [0, 0.05) is 5.56 Å². The molecule has 0 spiro atoms. The lowest BCUT2D eigenvalue weighted by atomic mass is 10.1. The molecule has 0 saturated carbocycles. The van der Waals surface area contributed by atoms with Crippen LogP contribution in [-0.4, -0.2) is 27.1 Å². The number of ketones is 1. The van der Waals surface area contributed by atoms with E-state index in [1.165, 1.54) is 27.4 Å². The van der Waals surface area contributed by atoms with E-state index in [2.05, 4.69) is 6.07 Å². The Bertz CT molecular complexity index is 793. The number of methoxy groups -OCH3 is 3. The lowest BCUT2D eigenvalue weighted by molar-refractivity contribution is 0.104. The first kappa shape index (κ1) is 17.1. The number of carbonyl (C=O) groups is 1. The number of allylic oxidation sites excluding steroid dienone is 1. The zero-order valence-electron chi connectivity index (χ0n) is 13.7. The molecule has 0 bridgehead atoms. The highest BCUT2D eigenvalue weighted by atomic mass is 16.5. The molecule has 0 radical (unpaired) electrons. The van der Waals surface area contributed by atoms with Gasteiger partial charge in [-0.2, -0.15) is 5.26 Å². The van der Waals surface area contributed by atoms with Gasteiger partial charge >= 0.3 is 0 Å². The summed E-state index contributed by atoms with van der Waals surface area (Å²) in [7, 11) is 4.49. The summed E-state index contributed by atoms with van der Waals surface area (Å²) in [4.78, 5) is 12.4. The normalized spacial score (nSPS) is 10.2. The summed E-state index contributed by atoms with van der Waals surface area (Å²) in [6, 6.07) is 12.3. The van der Waals surface area contributed by atoms with Crippen molar-refractivity contribution in [1.29, 1.82) is 5.26 Å². The third-order valence-corrected chi connectivity index (χ3v) is 3.39. The number of benzene rings is 2. The third-order valence-electron chi connectivity index (χ3n) is 3.39. The molecule has 0 aliphatic heterocycles. The van der Waals surface area contributed by atoms with Crippen LogP contribution in [0.25, 0.3) is 6.08 Å². The molecule has 0 heterocycles. The van der Waals surface area contributed by atoms with E-state index in [0.717, 1.165) is 5.56 Å². The summed E-state index contributed by atoms with van der Waals surface area (Å²) in [5, 5.41) is 8.90. The van der Waals surface area contributed by atoms with Crippen molar-refractivity contribution in [3.8, 4) is 23.3 Å². The van der Waals surface area contributed by atoms with Crippen molar-refractivity contribution in [2.24, 2.45) is 0 Å². The maximum absolute atomic E-state index is 12.4. The Morgan fingerprint density at radius 1 is 1.04 bits per heavy atom. The number of ether oxygens (including phenoxy) is 3. The Morgan fingerprint density at radius 3 is 2.25 bits per heavy atom. The van der Waals surface area contributed by atoms with Gasteiger partial charge < -0.3 is 14.2 Å². The van der Waals surface area contributed by atoms with Crippen LogP contribution in [0.3, 0.4) is 0 Å². The second-order valence-corrected chi connectivity index (χ2v) is 4.85. The Kier molecular flexibility index (Phi) is 5.58. The van der Waals surface area contributed by atoms with Crippen LogP contribution in [0, 0.1) is 11.3 Å². The molecule has 0 fully saturated rings. The summed E-state index contributed by atoms with van der Waals surface area (Å²) in [5.41, 5.74) is 1.73. The van der Waals surface area contributed by atoms with Gasteiger partial charge in [-0.1, -0.05) is 18.2 Å². The van der Waals surface area contributed by atoms with Gasteiger partial charge in [0.1, 0.15) is 0 Å². The number of nitrogens with zero attached hydrogens (tertiary/aromatic N) is 1. The van der Waals surface area contributed by atoms with E-state index in [1.54, 1.807) is 36.4 Å². The highest BCUT2D eigenvalue weighted by molar-refractivity contribution is 6.07. The molecule has 0 saturated heterocycles. The quantitative estimate of drug-likeness (QED) is 0.601. The first-order valence-corrected chi connectivity index (χ1v) is 7.15. The van der Waals surface area contributed by atoms with Crippen LogP contribution in [0.2, 0.25) is 0 Å². The lowest BCUT2D eigenvalue weighted by Crippen LogP contribution is -2.00. The molecule has 2 aromatic rings. The molecule has 5 nitrogen and oxygen atoms in total. The van der Waals surface area contributed by atoms with Crippen molar-refractivity contribution >= 4 is 11.9 Å². The summed E-state index contributed by atoms with van der Waals surface area (Å²) in [6.07, 6.45) is 3.10. The fourth-order valence-electron chi connectivity index (χ4n) is 2.20. The largest absolute Gasteiger partial charge is 0.493 e. The molecule has 0 atom stereocenters. The van der Waals surface area contributed by atoms with Crippen LogP contribution >= 0.6 is 0 Å². The van der Waals surface area contributed by atoms with Crippen molar-refractivity contribution in [2.75, 3.05) is 21.3 Å². The van der Waals surface area contributed by atoms with Gasteiger partial charge in [-0.3, -0.25) is 4.79 Å². The SMILES string of the molecule is COc1cc(C(=O)C=Cc2cccc(C#N)c2)cc(OC)c1OC. The first-order chi connectivity index (χ1) is 11.6. The van der Waals surface area contributed by atoms with Gasteiger partial charge in [-0.05, 0) is 35.9 Å². The smallest absolute Gasteiger partial charge is 0.203 e. The van der Waals surface area contributed by atoms with E-state index in [4.69, 9.17) is 19.5 Å². The number of carbonyl (C=O) groups excluding carboxylic acids is 1. The van der Waals surface area contributed by atoms with E-state index in [1.807, 2.05) is 6.07 Å². The monoisotopic (exact) mass is 323 g/mol. The molecule has 0 aromatic heterocycles. The predicted octanol–water partition coefficient (Wildman–Crippen LogP) is 3.48. The van der Waals surface area contributed by atoms with E-state index >= 15 is 0 Å². The van der Waals surface area contributed by atoms with Crippen LogP contribution in [0.4, 0.5) is 0 Å². The van der Waals surface area contributed by atoms with Crippen LogP contribution in [-0.2, 0) is 0 Å². The number of rotatable bonds is 6. The van der Waals surface area contributed by atoms with E-state index < -0.39 is 0 Å². The van der Waals surface area contributed by atoms with Crippen molar-refractivity contribution in [2.45, 2.75) is 0 Å². The van der Waals surface area contributed by atoms with Gasteiger partial charge in [0.05, 0.1) is 33.0 Å². The van der Waals surface area contributed by atoms with Crippen molar-refractivity contribution in [3.63, 3.8) is 0 Å². The van der Waals surface area contributed by atoms with Gasteiger partial charge in [-0.15, -0.1) is 0 Å². The van der Waals surface area contributed by atoms with Crippen LogP contribution in [0.5, 0.6) is 17.2 Å². The fraction of sp³-hybridized carbons (Fsp3) is 0.158. The Balaban J connectivity index is 2.32. The lowest BCUT2D eigenvalue weighted by Gasteiger charge is -2.13. The number of hydrogen-bond acceptors (Lipinski definition) is 5. The Labute approximate surface area is 140 Å². The highest BCUT2D eigenvalue weighted by Gasteiger charge is 2.15. The van der Waals surface area contributed by atoms with E-state index in [0.29, 0.717) is 28.4 Å². The van der Waals surface area contributed by atoms with Gasteiger partial charge in [0.2, 0.25) is 5.75 Å². The second kappa shape index (κ2) is 7.84. The maximum atomic E-state index is 12.4.